The number of carbonyl (C=O) groups excluding carboxylic acids is 1. The molecule has 0 radical (unpaired) electrons. The minimum Gasteiger partial charge on any atom is -0.329 e. The molecule has 1 aromatic carbocycles. The summed E-state index contributed by atoms with van der Waals surface area (Å²) in [4.78, 5) is 22.8. The first kappa shape index (κ1) is 12.2. The Morgan fingerprint density at radius 3 is 2.12 bits per heavy atom. The van der Waals surface area contributed by atoms with E-state index >= 15 is 0 Å². The fraction of sp³-hybridized carbons (Fsp3) is 0. The van der Waals surface area contributed by atoms with Gasteiger partial charge >= 0.3 is 0 Å². The fourth-order valence-electron chi connectivity index (χ4n) is 0.948. The Morgan fingerprint density at radius 2 is 1.75 bits per heavy atom. The van der Waals surface area contributed by atoms with Crippen LogP contribution >= 0.6 is 11.6 Å². The van der Waals surface area contributed by atoms with Crippen LogP contribution < -0.4 is 5.56 Å². The zero-order chi connectivity index (χ0) is 11.8. The minimum atomic E-state index is -0.0532. The molecular formula is C12H10ClNO2. The van der Waals surface area contributed by atoms with E-state index < -0.39 is 0 Å². The highest BCUT2D eigenvalue weighted by Gasteiger charge is 1.92. The molecule has 3 nitrogen and oxygen atoms in total. The Kier molecular flexibility index (Phi) is 5.02. The number of aromatic amines is 1. The van der Waals surface area contributed by atoms with Gasteiger partial charge in [-0.2, -0.15) is 0 Å². The fourth-order valence-corrected chi connectivity index (χ4v) is 1.13. The van der Waals surface area contributed by atoms with Crippen molar-refractivity contribution in [3.63, 3.8) is 0 Å². The number of aldehydes is 1. The van der Waals surface area contributed by atoms with Gasteiger partial charge in [0.15, 0.2) is 6.29 Å². The molecule has 0 aliphatic rings. The third-order valence-electron chi connectivity index (χ3n) is 1.71. The molecule has 0 unspecified atom stereocenters. The van der Waals surface area contributed by atoms with Gasteiger partial charge in [-0.05, 0) is 12.1 Å². The second-order valence-electron chi connectivity index (χ2n) is 2.87. The number of benzene rings is 1. The number of hydrogen-bond acceptors (Lipinski definition) is 2. The lowest BCUT2D eigenvalue weighted by molar-refractivity contribution is 0.112. The third-order valence-corrected chi connectivity index (χ3v) is 2.06. The lowest BCUT2D eigenvalue weighted by Gasteiger charge is -1.90. The van der Waals surface area contributed by atoms with Gasteiger partial charge in [0.05, 0.1) is 5.02 Å². The molecule has 1 heterocycles. The highest BCUT2D eigenvalue weighted by Crippen LogP contribution is 2.11. The van der Waals surface area contributed by atoms with Crippen LogP contribution in [0.2, 0.25) is 5.02 Å². The highest BCUT2D eigenvalue weighted by atomic mass is 35.5. The molecule has 0 atom stereocenters. The SMILES string of the molecule is O=Cc1ccccc1Cl.O=c1cccc[nH]1. The van der Waals surface area contributed by atoms with E-state index in [-0.39, 0.29) is 5.56 Å². The number of rotatable bonds is 1. The summed E-state index contributed by atoms with van der Waals surface area (Å²) in [6, 6.07) is 11.9. The van der Waals surface area contributed by atoms with Crippen molar-refractivity contribution in [2.24, 2.45) is 0 Å². The van der Waals surface area contributed by atoms with Gasteiger partial charge in [0, 0.05) is 17.8 Å². The number of carbonyl (C=O) groups is 1. The summed E-state index contributed by atoms with van der Waals surface area (Å²) in [7, 11) is 0. The quantitative estimate of drug-likeness (QED) is 0.773. The standard InChI is InChI=1S/C7H5ClO.C5H5NO/c8-7-4-2-1-3-6(7)5-9;7-5-3-1-2-4-6-5/h1-5H;1-4H,(H,6,7). The van der Waals surface area contributed by atoms with Crippen molar-refractivity contribution in [3.8, 4) is 0 Å². The number of aromatic nitrogens is 1. The molecule has 0 aliphatic heterocycles. The van der Waals surface area contributed by atoms with E-state index in [1.54, 1.807) is 42.6 Å². The van der Waals surface area contributed by atoms with Gasteiger partial charge in [-0.15, -0.1) is 0 Å². The molecule has 0 bridgehead atoms. The Hall–Kier alpha value is -1.87. The lowest BCUT2D eigenvalue weighted by atomic mass is 10.2. The highest BCUT2D eigenvalue weighted by molar-refractivity contribution is 6.32. The van der Waals surface area contributed by atoms with Crippen LogP contribution in [0.4, 0.5) is 0 Å². The topological polar surface area (TPSA) is 49.9 Å². The van der Waals surface area contributed by atoms with E-state index in [4.69, 9.17) is 11.6 Å². The average Bonchev–Trinajstić information content (AvgIpc) is 2.31. The molecule has 0 spiro atoms. The number of halogens is 1. The Bertz CT molecular complexity index is 491. The molecule has 1 aromatic heterocycles. The van der Waals surface area contributed by atoms with Gasteiger partial charge in [0.25, 0.3) is 0 Å². The number of hydrogen-bond donors (Lipinski definition) is 1. The van der Waals surface area contributed by atoms with Crippen molar-refractivity contribution < 1.29 is 4.79 Å². The summed E-state index contributed by atoms with van der Waals surface area (Å²) in [5, 5.41) is 0.507. The maximum absolute atomic E-state index is 10.2. The molecule has 82 valence electrons. The van der Waals surface area contributed by atoms with Crippen LogP contribution in [-0.2, 0) is 0 Å². The van der Waals surface area contributed by atoms with Crippen molar-refractivity contribution in [2.75, 3.05) is 0 Å². The minimum absolute atomic E-state index is 0.0532. The van der Waals surface area contributed by atoms with Crippen LogP contribution in [-0.4, -0.2) is 11.3 Å². The van der Waals surface area contributed by atoms with Crippen LogP contribution in [0, 0.1) is 0 Å². The Labute approximate surface area is 97.7 Å². The monoisotopic (exact) mass is 235 g/mol. The van der Waals surface area contributed by atoms with E-state index in [1.165, 1.54) is 6.07 Å². The van der Waals surface area contributed by atoms with Crippen molar-refractivity contribution in [2.45, 2.75) is 0 Å². The van der Waals surface area contributed by atoms with Gasteiger partial charge in [-0.3, -0.25) is 9.59 Å². The van der Waals surface area contributed by atoms with Crippen LogP contribution in [0.3, 0.4) is 0 Å². The first-order chi connectivity index (χ1) is 7.74. The molecule has 1 N–H and O–H groups in total. The van der Waals surface area contributed by atoms with E-state index in [1.807, 2.05) is 0 Å². The predicted molar refractivity (Wildman–Crippen MR) is 63.9 cm³/mol. The molecule has 0 saturated carbocycles. The van der Waals surface area contributed by atoms with E-state index in [9.17, 15) is 9.59 Å². The normalized spacial score (nSPS) is 8.81. The number of nitrogens with one attached hydrogen (secondary N) is 1. The van der Waals surface area contributed by atoms with Crippen LogP contribution in [0.1, 0.15) is 10.4 Å². The first-order valence-electron chi connectivity index (χ1n) is 4.57. The first-order valence-corrected chi connectivity index (χ1v) is 4.95. The second-order valence-corrected chi connectivity index (χ2v) is 3.27. The van der Waals surface area contributed by atoms with Crippen molar-refractivity contribution in [3.05, 3.63) is 69.6 Å². The number of H-pyrrole nitrogens is 1. The molecule has 0 saturated heterocycles. The average molecular weight is 236 g/mol. The summed E-state index contributed by atoms with van der Waals surface area (Å²) < 4.78 is 0. The van der Waals surface area contributed by atoms with Gasteiger partial charge in [0.1, 0.15) is 0 Å². The van der Waals surface area contributed by atoms with Gasteiger partial charge in [-0.25, -0.2) is 0 Å². The molecule has 16 heavy (non-hydrogen) atoms. The molecule has 2 rings (SSSR count). The molecule has 2 aromatic rings. The maximum Gasteiger partial charge on any atom is 0.247 e. The zero-order valence-corrected chi connectivity index (χ0v) is 9.15. The molecule has 0 fully saturated rings. The lowest BCUT2D eigenvalue weighted by Crippen LogP contribution is -1.98. The molecule has 4 heteroatoms. The smallest absolute Gasteiger partial charge is 0.247 e. The van der Waals surface area contributed by atoms with E-state index in [2.05, 4.69) is 4.98 Å². The third kappa shape index (κ3) is 4.11. The van der Waals surface area contributed by atoms with Crippen LogP contribution in [0.15, 0.2) is 53.5 Å². The summed E-state index contributed by atoms with van der Waals surface area (Å²) in [5.74, 6) is 0. The molecule has 0 aliphatic carbocycles. The van der Waals surface area contributed by atoms with Gasteiger partial charge in [-0.1, -0.05) is 35.9 Å². The largest absolute Gasteiger partial charge is 0.329 e. The number of pyridine rings is 1. The van der Waals surface area contributed by atoms with Crippen molar-refractivity contribution >= 4 is 17.9 Å². The van der Waals surface area contributed by atoms with Crippen LogP contribution in [0.5, 0.6) is 0 Å². The second kappa shape index (κ2) is 6.58. The molecular weight excluding hydrogens is 226 g/mol. The summed E-state index contributed by atoms with van der Waals surface area (Å²) >= 11 is 5.59. The van der Waals surface area contributed by atoms with Gasteiger partial charge in [0.2, 0.25) is 5.56 Å². The summed E-state index contributed by atoms with van der Waals surface area (Å²) in [5.41, 5.74) is 0.488. The Balaban J connectivity index is 0.000000165. The molecule has 0 amide bonds. The predicted octanol–water partition coefficient (Wildman–Crippen LogP) is 2.53. The maximum atomic E-state index is 10.2. The van der Waals surface area contributed by atoms with Crippen molar-refractivity contribution in [1.82, 2.24) is 4.98 Å². The van der Waals surface area contributed by atoms with Crippen molar-refractivity contribution in [1.29, 1.82) is 0 Å². The van der Waals surface area contributed by atoms with Gasteiger partial charge < -0.3 is 4.98 Å². The van der Waals surface area contributed by atoms with Crippen LogP contribution in [0.25, 0.3) is 0 Å². The summed E-state index contributed by atoms with van der Waals surface area (Å²) in [6.07, 6.45) is 2.34. The summed E-state index contributed by atoms with van der Waals surface area (Å²) in [6.45, 7) is 0. The Morgan fingerprint density at radius 1 is 1.06 bits per heavy atom. The van der Waals surface area contributed by atoms with E-state index in [0.29, 0.717) is 10.6 Å². The zero-order valence-electron chi connectivity index (χ0n) is 8.39. The van der Waals surface area contributed by atoms with E-state index in [0.717, 1.165) is 6.29 Å².